The first-order chi connectivity index (χ1) is 12.2. The van der Waals surface area contributed by atoms with E-state index in [0.29, 0.717) is 19.1 Å². The topological polar surface area (TPSA) is 39.7 Å². The third-order valence-corrected chi connectivity index (χ3v) is 3.54. The van der Waals surface area contributed by atoms with E-state index in [1.165, 1.54) is 5.56 Å². The lowest BCUT2D eigenvalue weighted by atomic mass is 10.2. The standard InChI is InChI=1S/C21H29NO3/c1-4-23-12-13-24-20-10-8-18(9-11-20)15-22-19-6-5-7-21(14-19)25-16-17(2)3/h5-11,14,17,22H,4,12-13,15-16H2,1-3H3. The molecule has 2 aromatic carbocycles. The second-order valence-corrected chi connectivity index (χ2v) is 6.28. The molecule has 0 fully saturated rings. The van der Waals surface area contributed by atoms with Gasteiger partial charge < -0.3 is 19.5 Å². The van der Waals surface area contributed by atoms with Crippen molar-refractivity contribution in [2.45, 2.75) is 27.3 Å². The van der Waals surface area contributed by atoms with Gasteiger partial charge in [0.15, 0.2) is 0 Å². The smallest absolute Gasteiger partial charge is 0.121 e. The molecule has 0 radical (unpaired) electrons. The van der Waals surface area contributed by atoms with Gasteiger partial charge in [-0.15, -0.1) is 0 Å². The number of benzene rings is 2. The highest BCUT2D eigenvalue weighted by atomic mass is 16.5. The average molecular weight is 343 g/mol. The van der Waals surface area contributed by atoms with E-state index in [-0.39, 0.29) is 0 Å². The fourth-order valence-electron chi connectivity index (χ4n) is 2.23. The minimum absolute atomic E-state index is 0.519. The molecule has 0 saturated carbocycles. The average Bonchev–Trinajstić information content (AvgIpc) is 2.63. The van der Waals surface area contributed by atoms with Crippen LogP contribution in [0, 0.1) is 5.92 Å². The number of hydrogen-bond donors (Lipinski definition) is 1. The summed E-state index contributed by atoms with van der Waals surface area (Å²) >= 11 is 0. The van der Waals surface area contributed by atoms with Gasteiger partial charge in [0.25, 0.3) is 0 Å². The lowest BCUT2D eigenvalue weighted by Crippen LogP contribution is -2.06. The summed E-state index contributed by atoms with van der Waals surface area (Å²) in [6, 6.07) is 16.2. The molecule has 2 rings (SSSR count). The Morgan fingerprint density at radius 2 is 1.72 bits per heavy atom. The van der Waals surface area contributed by atoms with Gasteiger partial charge in [0.1, 0.15) is 18.1 Å². The Hall–Kier alpha value is -2.20. The summed E-state index contributed by atoms with van der Waals surface area (Å²) in [5.41, 5.74) is 2.25. The highest BCUT2D eigenvalue weighted by Gasteiger charge is 2.00. The molecule has 0 unspecified atom stereocenters. The maximum Gasteiger partial charge on any atom is 0.121 e. The predicted molar refractivity (Wildman–Crippen MR) is 103 cm³/mol. The Bertz CT molecular complexity index is 611. The van der Waals surface area contributed by atoms with E-state index in [9.17, 15) is 0 Å². The highest BCUT2D eigenvalue weighted by Crippen LogP contribution is 2.19. The first kappa shape index (κ1) is 19.1. The van der Waals surface area contributed by atoms with Gasteiger partial charge in [0, 0.05) is 24.9 Å². The monoisotopic (exact) mass is 343 g/mol. The van der Waals surface area contributed by atoms with Crippen LogP contribution in [0.25, 0.3) is 0 Å². The third kappa shape index (κ3) is 7.48. The second-order valence-electron chi connectivity index (χ2n) is 6.28. The predicted octanol–water partition coefficient (Wildman–Crippen LogP) is 4.75. The Labute approximate surface area is 151 Å². The molecule has 0 aliphatic rings. The minimum Gasteiger partial charge on any atom is -0.493 e. The molecule has 2 aromatic rings. The molecule has 4 nitrogen and oxygen atoms in total. The number of nitrogens with one attached hydrogen (secondary N) is 1. The maximum absolute atomic E-state index is 5.76. The Morgan fingerprint density at radius 1 is 0.920 bits per heavy atom. The molecule has 136 valence electrons. The van der Waals surface area contributed by atoms with Crippen LogP contribution in [0.2, 0.25) is 0 Å². The maximum atomic E-state index is 5.76. The van der Waals surface area contributed by atoms with E-state index in [0.717, 1.165) is 36.9 Å². The van der Waals surface area contributed by atoms with E-state index in [2.05, 4.69) is 31.3 Å². The van der Waals surface area contributed by atoms with Crippen LogP contribution in [-0.4, -0.2) is 26.4 Å². The summed E-state index contributed by atoms with van der Waals surface area (Å²) in [6.07, 6.45) is 0. The normalized spacial score (nSPS) is 10.7. The molecular formula is C21H29NO3. The molecular weight excluding hydrogens is 314 g/mol. The molecule has 0 bridgehead atoms. The summed E-state index contributed by atoms with van der Waals surface area (Å²) in [5.74, 6) is 2.29. The van der Waals surface area contributed by atoms with Crippen LogP contribution in [0.5, 0.6) is 11.5 Å². The van der Waals surface area contributed by atoms with Crippen molar-refractivity contribution >= 4 is 5.69 Å². The molecule has 0 spiro atoms. The Morgan fingerprint density at radius 3 is 2.44 bits per heavy atom. The largest absolute Gasteiger partial charge is 0.493 e. The van der Waals surface area contributed by atoms with Crippen LogP contribution in [-0.2, 0) is 11.3 Å². The molecule has 0 heterocycles. The van der Waals surface area contributed by atoms with Gasteiger partial charge in [-0.25, -0.2) is 0 Å². The molecule has 0 aliphatic heterocycles. The number of ether oxygens (including phenoxy) is 3. The summed E-state index contributed by atoms with van der Waals surface area (Å²) in [5, 5.41) is 3.43. The third-order valence-electron chi connectivity index (χ3n) is 3.54. The van der Waals surface area contributed by atoms with Gasteiger partial charge >= 0.3 is 0 Å². The molecule has 0 amide bonds. The SMILES string of the molecule is CCOCCOc1ccc(CNc2cccc(OCC(C)C)c2)cc1. The van der Waals surface area contributed by atoms with Gasteiger partial charge in [0.2, 0.25) is 0 Å². The van der Waals surface area contributed by atoms with E-state index < -0.39 is 0 Å². The zero-order chi connectivity index (χ0) is 17.9. The van der Waals surface area contributed by atoms with Crippen LogP contribution in [0.4, 0.5) is 5.69 Å². The van der Waals surface area contributed by atoms with Crippen LogP contribution >= 0.6 is 0 Å². The molecule has 4 heteroatoms. The first-order valence-corrected chi connectivity index (χ1v) is 8.93. The Balaban J connectivity index is 1.79. The highest BCUT2D eigenvalue weighted by molar-refractivity contribution is 5.48. The summed E-state index contributed by atoms with van der Waals surface area (Å²) < 4.78 is 16.7. The van der Waals surface area contributed by atoms with Crippen molar-refractivity contribution in [2.75, 3.05) is 31.7 Å². The van der Waals surface area contributed by atoms with Crippen molar-refractivity contribution in [3.63, 3.8) is 0 Å². The van der Waals surface area contributed by atoms with Crippen molar-refractivity contribution in [3.05, 3.63) is 54.1 Å². The van der Waals surface area contributed by atoms with E-state index in [1.54, 1.807) is 0 Å². The van der Waals surface area contributed by atoms with Gasteiger partial charge in [-0.05, 0) is 42.7 Å². The Kier molecular flexibility index (Phi) is 8.13. The van der Waals surface area contributed by atoms with Crippen molar-refractivity contribution in [1.29, 1.82) is 0 Å². The molecule has 1 N–H and O–H groups in total. The van der Waals surface area contributed by atoms with Crippen LogP contribution in [0.3, 0.4) is 0 Å². The molecule has 0 aromatic heterocycles. The summed E-state index contributed by atoms with van der Waals surface area (Å²) in [4.78, 5) is 0. The lowest BCUT2D eigenvalue weighted by molar-refractivity contribution is 0.110. The van der Waals surface area contributed by atoms with Crippen molar-refractivity contribution in [1.82, 2.24) is 0 Å². The lowest BCUT2D eigenvalue weighted by Gasteiger charge is -2.12. The van der Waals surface area contributed by atoms with Crippen LogP contribution in [0.1, 0.15) is 26.3 Å². The van der Waals surface area contributed by atoms with E-state index >= 15 is 0 Å². The molecule has 0 saturated heterocycles. The number of anilines is 1. The fraction of sp³-hybridized carbons (Fsp3) is 0.429. The van der Waals surface area contributed by atoms with Gasteiger partial charge in [-0.1, -0.05) is 32.0 Å². The summed E-state index contributed by atoms with van der Waals surface area (Å²) in [6.45, 7) is 9.68. The summed E-state index contributed by atoms with van der Waals surface area (Å²) in [7, 11) is 0. The first-order valence-electron chi connectivity index (χ1n) is 8.93. The van der Waals surface area contributed by atoms with Crippen molar-refractivity contribution in [3.8, 4) is 11.5 Å². The number of rotatable bonds is 11. The fourth-order valence-corrected chi connectivity index (χ4v) is 2.23. The number of hydrogen-bond acceptors (Lipinski definition) is 4. The molecule has 0 atom stereocenters. The van der Waals surface area contributed by atoms with Crippen molar-refractivity contribution < 1.29 is 14.2 Å². The molecule has 25 heavy (non-hydrogen) atoms. The van der Waals surface area contributed by atoms with Gasteiger partial charge in [-0.3, -0.25) is 0 Å². The van der Waals surface area contributed by atoms with Crippen LogP contribution < -0.4 is 14.8 Å². The van der Waals surface area contributed by atoms with Gasteiger partial charge in [-0.2, -0.15) is 0 Å². The second kappa shape index (κ2) is 10.6. The van der Waals surface area contributed by atoms with Crippen LogP contribution in [0.15, 0.2) is 48.5 Å². The zero-order valence-corrected chi connectivity index (χ0v) is 15.5. The van der Waals surface area contributed by atoms with Gasteiger partial charge in [0.05, 0.1) is 13.2 Å². The van der Waals surface area contributed by atoms with E-state index in [1.807, 2.05) is 43.3 Å². The quantitative estimate of drug-likeness (QED) is 0.598. The molecule has 0 aliphatic carbocycles. The minimum atomic E-state index is 0.519. The van der Waals surface area contributed by atoms with Crippen molar-refractivity contribution in [2.24, 2.45) is 5.92 Å². The van der Waals surface area contributed by atoms with E-state index in [4.69, 9.17) is 14.2 Å². The zero-order valence-electron chi connectivity index (χ0n) is 15.5.